The molecule has 5 heteroatoms. The Bertz CT molecular complexity index is 2930. The Morgan fingerprint density at radius 2 is 1.39 bits per heavy atom. The zero-order valence-corrected chi connectivity index (χ0v) is 34.6. The molecule has 2 aromatic heterocycles. The summed E-state index contributed by atoms with van der Waals surface area (Å²) in [5.74, 6) is 0.713. The van der Waals surface area contributed by atoms with Crippen LogP contribution in [-0.2, 0) is 31.9 Å². The first kappa shape index (κ1) is 32.7. The van der Waals surface area contributed by atoms with Crippen molar-refractivity contribution in [1.29, 1.82) is 0 Å². The Hall–Kier alpha value is -5.57. The number of phenolic OH excluding ortho intramolecular Hbond substituents is 1. The number of phenols is 1. The Morgan fingerprint density at radius 3 is 2.12 bits per heavy atom. The van der Waals surface area contributed by atoms with E-state index in [1.807, 2.05) is 36.4 Å². The first-order valence-electron chi connectivity index (χ1n) is 21.2. The second-order valence-corrected chi connectivity index (χ2v) is 15.7. The second-order valence-electron chi connectivity index (χ2n) is 15.7. The van der Waals surface area contributed by atoms with Gasteiger partial charge in [-0.25, -0.2) is 4.98 Å². The van der Waals surface area contributed by atoms with Crippen molar-refractivity contribution in [3.05, 3.63) is 169 Å². The molecule has 4 nitrogen and oxygen atoms in total. The summed E-state index contributed by atoms with van der Waals surface area (Å²) in [5.41, 5.74) is 10.6. The van der Waals surface area contributed by atoms with Crippen molar-refractivity contribution < 1.29 is 33.0 Å². The summed E-state index contributed by atoms with van der Waals surface area (Å²) >= 11 is 0. The van der Waals surface area contributed by atoms with Crippen LogP contribution in [0.3, 0.4) is 0 Å². The third-order valence-corrected chi connectivity index (χ3v) is 10.7. The van der Waals surface area contributed by atoms with Gasteiger partial charge in [0.15, 0.2) is 0 Å². The number of fused-ring (bicyclic) bond motifs is 1. The fraction of sp³-hybridized carbons (Fsp3) is 0.176. The van der Waals surface area contributed by atoms with E-state index in [1.54, 1.807) is 24.4 Å². The van der Waals surface area contributed by atoms with E-state index in [-0.39, 0.29) is 67.4 Å². The van der Waals surface area contributed by atoms with Crippen molar-refractivity contribution in [2.24, 2.45) is 0 Å². The summed E-state index contributed by atoms with van der Waals surface area (Å²) in [7, 11) is 0. The quantitative estimate of drug-likeness (QED) is 0.155. The smallest absolute Gasteiger partial charge is 0.148 e. The average Bonchev–Trinajstić information content (AvgIpc) is 3.64. The molecule has 56 heavy (non-hydrogen) atoms. The molecular formula is C51H46N3OPt-. The molecule has 0 aliphatic rings. The van der Waals surface area contributed by atoms with Crippen LogP contribution in [0, 0.1) is 6.07 Å². The van der Waals surface area contributed by atoms with Crippen molar-refractivity contribution in [1.82, 2.24) is 14.5 Å². The van der Waals surface area contributed by atoms with Gasteiger partial charge in [-0.3, -0.25) is 9.55 Å². The zero-order chi connectivity index (χ0) is 42.7. The van der Waals surface area contributed by atoms with Crippen LogP contribution in [0.5, 0.6) is 5.75 Å². The molecule has 8 aromatic rings. The maximum absolute atomic E-state index is 11.4. The zero-order valence-electron chi connectivity index (χ0n) is 37.4. The van der Waals surface area contributed by atoms with E-state index in [2.05, 4.69) is 113 Å². The van der Waals surface area contributed by atoms with Crippen molar-refractivity contribution in [2.45, 2.75) is 58.8 Å². The minimum absolute atomic E-state index is 0. The summed E-state index contributed by atoms with van der Waals surface area (Å²) < 4.78 is 44.1. The first-order valence-corrected chi connectivity index (χ1v) is 18.7. The van der Waals surface area contributed by atoms with Gasteiger partial charge < -0.3 is 5.11 Å². The molecule has 0 saturated heterocycles. The monoisotopic (exact) mass is 916 g/mol. The molecule has 0 bridgehead atoms. The van der Waals surface area contributed by atoms with Gasteiger partial charge in [0.2, 0.25) is 0 Å². The second kappa shape index (κ2) is 15.5. The van der Waals surface area contributed by atoms with Gasteiger partial charge in [-0.05, 0) is 75.9 Å². The molecule has 0 fully saturated rings. The molecule has 6 aromatic carbocycles. The van der Waals surface area contributed by atoms with E-state index in [1.165, 1.54) is 5.56 Å². The van der Waals surface area contributed by atoms with Crippen molar-refractivity contribution in [3.8, 4) is 67.5 Å². The van der Waals surface area contributed by atoms with Crippen LogP contribution in [0.4, 0.5) is 0 Å². The summed E-state index contributed by atoms with van der Waals surface area (Å²) in [6.07, 6.45) is 2.57. The predicted octanol–water partition coefficient (Wildman–Crippen LogP) is 13.2. The average molecular weight is 917 g/mol. The van der Waals surface area contributed by atoms with Gasteiger partial charge in [0, 0.05) is 38.5 Å². The number of rotatable bonds is 8. The van der Waals surface area contributed by atoms with Gasteiger partial charge >= 0.3 is 0 Å². The van der Waals surface area contributed by atoms with Crippen molar-refractivity contribution >= 4 is 11.0 Å². The van der Waals surface area contributed by atoms with E-state index >= 15 is 0 Å². The molecule has 0 radical (unpaired) electrons. The standard InChI is InChI=1S/C51H46N3O.Pt/c1-7-51(5,6)39-25-26-45(43(33-39)35-19-12-9-13-20-35)54-46-23-16-22-41(48(46)53-49(54)42-21-14-15-24-47(42)55)37-29-38(31-40(30-37)50(2,3)4)44-32-36(27-28-52-44)34-17-10-8-11-18-34;/h8-28,30-33,55H,7H2,1-6H3;/q-1;/i8D,10D,11D,17D,18D;. The van der Waals surface area contributed by atoms with Crippen LogP contribution < -0.4 is 0 Å². The van der Waals surface area contributed by atoms with Crippen LogP contribution in [0.1, 0.15) is 65.9 Å². The molecule has 0 spiro atoms. The number of nitrogens with zero attached hydrogens (tertiary/aromatic N) is 3. The number of aromatic nitrogens is 3. The van der Waals surface area contributed by atoms with Gasteiger partial charge in [-0.2, -0.15) is 0 Å². The van der Waals surface area contributed by atoms with Gasteiger partial charge in [0.1, 0.15) is 11.6 Å². The molecule has 0 amide bonds. The summed E-state index contributed by atoms with van der Waals surface area (Å²) in [5, 5.41) is 11.4. The minimum atomic E-state index is -0.435. The van der Waals surface area contributed by atoms with Gasteiger partial charge in [0.05, 0.1) is 29.1 Å². The molecule has 2 heterocycles. The molecule has 0 saturated carbocycles. The summed E-state index contributed by atoms with van der Waals surface area (Å²) in [6, 6.07) is 40.0. The Balaban J connectivity index is 0.00000561. The molecule has 8 rings (SSSR count). The number of pyridine rings is 1. The normalized spacial score (nSPS) is 13.0. The third kappa shape index (κ3) is 7.39. The van der Waals surface area contributed by atoms with Gasteiger partial charge in [-0.1, -0.05) is 150 Å². The molecule has 1 N–H and O–H groups in total. The van der Waals surface area contributed by atoms with E-state index in [0.717, 1.165) is 51.0 Å². The minimum Gasteiger partial charge on any atom is -0.507 e. The molecular weight excluding hydrogens is 866 g/mol. The van der Waals surface area contributed by atoms with Gasteiger partial charge in [-0.15, -0.1) is 29.3 Å². The number of hydrogen-bond acceptors (Lipinski definition) is 3. The number of aromatic hydroxyl groups is 1. The van der Waals surface area contributed by atoms with Crippen LogP contribution in [-0.4, -0.2) is 19.6 Å². The fourth-order valence-corrected chi connectivity index (χ4v) is 7.02. The van der Waals surface area contributed by atoms with Crippen LogP contribution in [0.25, 0.3) is 72.7 Å². The van der Waals surface area contributed by atoms with Gasteiger partial charge in [0.25, 0.3) is 0 Å². The predicted molar refractivity (Wildman–Crippen MR) is 229 cm³/mol. The maximum Gasteiger partial charge on any atom is 0.148 e. The Labute approximate surface area is 352 Å². The van der Waals surface area contributed by atoms with E-state index in [0.29, 0.717) is 28.2 Å². The number of imidazole rings is 1. The third-order valence-electron chi connectivity index (χ3n) is 10.7. The Morgan fingerprint density at radius 1 is 0.679 bits per heavy atom. The van der Waals surface area contributed by atoms with Crippen LogP contribution >= 0.6 is 0 Å². The summed E-state index contributed by atoms with van der Waals surface area (Å²) in [6.45, 7) is 13.2. The SMILES string of the molecule is [2H]c1c([2H])c([2H])c(-c2ccnc(-c3[c-]c(-c4cccc5c4nc(-c4ccccc4O)n5-c4ccc(C(C)(C)CC)cc4-c4ccccc4)cc(C(C)(C)C)c3)c2)c([2H])c1[2H].[Pt]. The molecule has 0 aliphatic heterocycles. The number of hydrogen-bond donors (Lipinski definition) is 1. The topological polar surface area (TPSA) is 50.9 Å². The number of para-hydroxylation sites is 2. The molecule has 0 atom stereocenters. The Kier molecular flexibility index (Phi) is 9.05. The van der Waals surface area contributed by atoms with Crippen LogP contribution in [0.2, 0.25) is 0 Å². The maximum atomic E-state index is 11.4. The molecule has 0 aliphatic carbocycles. The van der Waals surface area contributed by atoms with Crippen LogP contribution in [0.15, 0.2) is 152 Å². The van der Waals surface area contributed by atoms with E-state index in [9.17, 15) is 5.11 Å². The van der Waals surface area contributed by atoms with E-state index in [4.69, 9.17) is 16.8 Å². The molecule has 282 valence electrons. The molecule has 0 unspecified atom stereocenters. The largest absolute Gasteiger partial charge is 0.507 e. The fourth-order valence-electron chi connectivity index (χ4n) is 7.02. The van der Waals surface area contributed by atoms with E-state index < -0.39 is 6.04 Å². The number of benzene rings is 6. The summed E-state index contributed by atoms with van der Waals surface area (Å²) in [4.78, 5) is 10.1. The van der Waals surface area contributed by atoms with Crippen molar-refractivity contribution in [3.63, 3.8) is 0 Å². The first-order chi connectivity index (χ1) is 28.6. The van der Waals surface area contributed by atoms with Crippen molar-refractivity contribution in [2.75, 3.05) is 0 Å².